The smallest absolute Gasteiger partial charge is 0.303 e. The number of hydrogen-bond acceptors (Lipinski definition) is 4. The molecule has 4 saturated carbocycles. The fraction of sp³-hybridized carbons (Fsp3) is 0.880. The number of carboxylic acids is 1. The van der Waals surface area contributed by atoms with E-state index in [0.717, 1.165) is 38.5 Å². The van der Waals surface area contributed by atoms with Gasteiger partial charge in [0, 0.05) is 12.6 Å². The van der Waals surface area contributed by atoms with Crippen molar-refractivity contribution in [3.8, 4) is 0 Å². The van der Waals surface area contributed by atoms with Crippen LogP contribution in [0.25, 0.3) is 0 Å². The van der Waals surface area contributed by atoms with Gasteiger partial charge in [-0.05, 0) is 105 Å². The summed E-state index contributed by atoms with van der Waals surface area (Å²) in [5.41, 5.74) is 0.638. The van der Waals surface area contributed by atoms with Gasteiger partial charge in [-0.25, -0.2) is 4.68 Å². The molecule has 0 amide bonds. The van der Waals surface area contributed by atoms with Crippen LogP contribution in [0.3, 0.4) is 0 Å². The van der Waals surface area contributed by atoms with Crippen LogP contribution in [0.1, 0.15) is 90.5 Å². The van der Waals surface area contributed by atoms with E-state index >= 15 is 0 Å². The van der Waals surface area contributed by atoms with Gasteiger partial charge in [0.15, 0.2) is 0 Å². The van der Waals surface area contributed by atoms with E-state index in [1.54, 1.807) is 0 Å². The van der Waals surface area contributed by atoms with Crippen molar-refractivity contribution in [2.75, 3.05) is 0 Å². The Morgan fingerprint density at radius 3 is 2.61 bits per heavy atom. The number of rotatable bonds is 5. The zero-order chi connectivity index (χ0) is 21.8. The zero-order valence-corrected chi connectivity index (χ0v) is 19.1. The van der Waals surface area contributed by atoms with Crippen molar-refractivity contribution < 1.29 is 15.0 Å². The Hall–Kier alpha value is -1.43. The summed E-state index contributed by atoms with van der Waals surface area (Å²) < 4.78 is 2.14. The van der Waals surface area contributed by atoms with Gasteiger partial charge in [-0.3, -0.25) is 4.79 Å². The van der Waals surface area contributed by atoms with Crippen molar-refractivity contribution in [2.24, 2.45) is 40.4 Å². The molecule has 4 unspecified atom stereocenters. The second-order valence-corrected chi connectivity index (χ2v) is 11.7. The number of carbonyl (C=O) groups is 1. The molecule has 6 heteroatoms. The molecule has 0 spiro atoms. The first kappa shape index (κ1) is 21.4. The Bertz CT molecular complexity index is 798. The highest BCUT2D eigenvalue weighted by Crippen LogP contribution is 2.69. The number of aliphatic hydroxyl groups excluding tert-OH is 1. The van der Waals surface area contributed by atoms with Crippen LogP contribution < -0.4 is 0 Å². The molecule has 0 bridgehead atoms. The number of aromatic nitrogens is 3. The lowest BCUT2D eigenvalue weighted by Crippen LogP contribution is -2.57. The second kappa shape index (κ2) is 7.86. The number of fused-ring (bicyclic) bond motifs is 5. The Morgan fingerprint density at radius 2 is 1.87 bits per heavy atom. The molecule has 5 rings (SSSR count). The summed E-state index contributed by atoms with van der Waals surface area (Å²) in [4.78, 5) is 11.1. The predicted octanol–water partition coefficient (Wildman–Crippen LogP) is 4.70. The molecule has 6 nitrogen and oxygen atoms in total. The Labute approximate surface area is 185 Å². The molecule has 0 aliphatic heterocycles. The highest BCUT2D eigenvalue weighted by Gasteiger charge is 2.62. The van der Waals surface area contributed by atoms with Crippen molar-refractivity contribution >= 4 is 5.97 Å². The van der Waals surface area contributed by atoms with Crippen LogP contribution in [-0.2, 0) is 4.79 Å². The van der Waals surface area contributed by atoms with Gasteiger partial charge < -0.3 is 10.2 Å². The third-order valence-corrected chi connectivity index (χ3v) is 10.6. The standard InChI is InChI=1S/C25H39N3O3/c1-24-11-9-20-23(19(24)7-6-16(24)4-3-5-22(30)31)21(28-13-12-26-27-28)15-17-14-18(29)8-10-25(17,20)2/h12-13,16-21,23,29H,3-11,14-15H2,1-2H3,(H,30,31)/t16-,17?,18+,19?,20?,21-,23?,24+,25-/m0/s1. The fourth-order valence-electron chi connectivity index (χ4n) is 8.96. The summed E-state index contributed by atoms with van der Waals surface area (Å²) in [6.45, 7) is 5.05. The summed E-state index contributed by atoms with van der Waals surface area (Å²) in [6.07, 6.45) is 15.1. The highest BCUT2D eigenvalue weighted by atomic mass is 16.4. The van der Waals surface area contributed by atoms with E-state index in [1.165, 1.54) is 25.7 Å². The largest absolute Gasteiger partial charge is 0.481 e. The van der Waals surface area contributed by atoms with E-state index < -0.39 is 5.97 Å². The summed E-state index contributed by atoms with van der Waals surface area (Å²) in [5.74, 6) is 2.52. The molecule has 2 N–H and O–H groups in total. The summed E-state index contributed by atoms with van der Waals surface area (Å²) in [7, 11) is 0. The van der Waals surface area contributed by atoms with Crippen molar-refractivity contribution in [3.63, 3.8) is 0 Å². The maximum atomic E-state index is 11.1. The maximum Gasteiger partial charge on any atom is 0.303 e. The molecule has 0 aromatic carbocycles. The molecular formula is C25H39N3O3. The zero-order valence-electron chi connectivity index (χ0n) is 19.1. The lowest BCUT2D eigenvalue weighted by molar-refractivity contribution is -0.149. The number of aliphatic carboxylic acids is 1. The molecule has 4 aliphatic rings. The average molecular weight is 430 g/mol. The molecule has 1 aromatic rings. The van der Waals surface area contributed by atoms with Gasteiger partial charge in [0.1, 0.15) is 0 Å². The fourth-order valence-corrected chi connectivity index (χ4v) is 8.96. The van der Waals surface area contributed by atoms with Crippen molar-refractivity contribution in [1.82, 2.24) is 15.0 Å². The second-order valence-electron chi connectivity index (χ2n) is 11.7. The summed E-state index contributed by atoms with van der Waals surface area (Å²) in [5, 5.41) is 28.2. The minimum Gasteiger partial charge on any atom is -0.481 e. The third-order valence-electron chi connectivity index (χ3n) is 10.6. The average Bonchev–Trinajstić information content (AvgIpc) is 3.36. The van der Waals surface area contributed by atoms with Crippen molar-refractivity contribution in [2.45, 2.75) is 96.6 Å². The van der Waals surface area contributed by atoms with E-state index in [0.29, 0.717) is 52.9 Å². The molecule has 0 radical (unpaired) electrons. The Morgan fingerprint density at radius 1 is 1.10 bits per heavy atom. The number of carboxylic acid groups (broad SMARTS) is 1. The van der Waals surface area contributed by atoms with Crippen LogP contribution >= 0.6 is 0 Å². The molecule has 1 aromatic heterocycles. The minimum atomic E-state index is -0.666. The van der Waals surface area contributed by atoms with E-state index in [4.69, 9.17) is 5.11 Å². The van der Waals surface area contributed by atoms with E-state index in [1.807, 2.05) is 6.20 Å². The molecular weight excluding hydrogens is 390 g/mol. The van der Waals surface area contributed by atoms with Gasteiger partial charge in [0.25, 0.3) is 0 Å². The van der Waals surface area contributed by atoms with E-state index in [-0.39, 0.29) is 6.10 Å². The lowest BCUT2D eigenvalue weighted by atomic mass is 9.43. The first-order chi connectivity index (χ1) is 14.8. The maximum absolute atomic E-state index is 11.1. The molecule has 31 heavy (non-hydrogen) atoms. The minimum absolute atomic E-state index is 0.148. The Balaban J connectivity index is 1.45. The highest BCUT2D eigenvalue weighted by molar-refractivity contribution is 5.66. The third kappa shape index (κ3) is 3.44. The number of aliphatic hydroxyl groups is 1. The molecule has 1 heterocycles. The lowest BCUT2D eigenvalue weighted by Gasteiger charge is -2.63. The van der Waals surface area contributed by atoms with Gasteiger partial charge in [-0.15, -0.1) is 5.10 Å². The van der Waals surface area contributed by atoms with Crippen LogP contribution in [0.15, 0.2) is 12.4 Å². The number of hydrogen-bond donors (Lipinski definition) is 2. The SMILES string of the molecule is C[C@]12CC[C@@H](O)CC1C[C@H](n1ccnn1)C1C2CC[C@@]2(C)C1CC[C@@H]2CCCC(=O)O. The monoisotopic (exact) mass is 429 g/mol. The number of nitrogens with zero attached hydrogens (tertiary/aromatic N) is 3. The molecule has 4 fully saturated rings. The van der Waals surface area contributed by atoms with Crippen LogP contribution in [0.2, 0.25) is 0 Å². The molecule has 9 atom stereocenters. The van der Waals surface area contributed by atoms with Gasteiger partial charge in [0.2, 0.25) is 0 Å². The van der Waals surface area contributed by atoms with Crippen LogP contribution in [-0.4, -0.2) is 37.3 Å². The van der Waals surface area contributed by atoms with Gasteiger partial charge in [-0.1, -0.05) is 19.1 Å². The summed E-state index contributed by atoms with van der Waals surface area (Å²) in [6, 6.07) is 0.373. The van der Waals surface area contributed by atoms with Crippen LogP contribution in [0, 0.1) is 40.4 Å². The normalized spacial score (nSPS) is 46.7. The molecule has 172 valence electrons. The van der Waals surface area contributed by atoms with Crippen LogP contribution in [0.5, 0.6) is 0 Å². The van der Waals surface area contributed by atoms with Crippen molar-refractivity contribution in [3.05, 3.63) is 12.4 Å². The molecule has 0 saturated heterocycles. The summed E-state index contributed by atoms with van der Waals surface area (Å²) >= 11 is 0. The quantitative estimate of drug-likeness (QED) is 0.708. The van der Waals surface area contributed by atoms with Gasteiger partial charge >= 0.3 is 5.97 Å². The van der Waals surface area contributed by atoms with E-state index in [2.05, 4.69) is 35.0 Å². The van der Waals surface area contributed by atoms with Crippen LogP contribution in [0.4, 0.5) is 0 Å². The Kier molecular flexibility index (Phi) is 5.43. The molecule has 4 aliphatic carbocycles. The van der Waals surface area contributed by atoms with Gasteiger partial charge in [0.05, 0.1) is 18.3 Å². The van der Waals surface area contributed by atoms with E-state index in [9.17, 15) is 9.90 Å². The first-order valence-corrected chi connectivity index (χ1v) is 12.6. The first-order valence-electron chi connectivity index (χ1n) is 12.6. The van der Waals surface area contributed by atoms with Gasteiger partial charge in [-0.2, -0.15) is 0 Å². The topological polar surface area (TPSA) is 88.2 Å². The van der Waals surface area contributed by atoms with Crippen molar-refractivity contribution in [1.29, 1.82) is 0 Å². The predicted molar refractivity (Wildman–Crippen MR) is 117 cm³/mol.